The van der Waals surface area contributed by atoms with Crippen LogP contribution in [0.5, 0.6) is 0 Å². The lowest BCUT2D eigenvalue weighted by atomic mass is 10.1. The van der Waals surface area contributed by atoms with Crippen LogP contribution in [0.1, 0.15) is 42.9 Å². The van der Waals surface area contributed by atoms with E-state index in [0.29, 0.717) is 23.5 Å². The molecule has 0 saturated carbocycles. The number of fused-ring (bicyclic) bond motifs is 1. The number of aliphatic hydroxyl groups excluding tert-OH is 1. The number of piperazine rings is 1. The van der Waals surface area contributed by atoms with E-state index in [1.165, 1.54) is 6.07 Å². The molecule has 5 rings (SSSR count). The number of nitrogens with zero attached hydrogens (tertiary/aromatic N) is 4. The van der Waals surface area contributed by atoms with Gasteiger partial charge in [0.25, 0.3) is 0 Å². The molecular formula is C28H34F3N5O4S2. The molecule has 0 radical (unpaired) electrons. The molecule has 4 heterocycles. The normalized spacial score (nSPS) is 21.2. The van der Waals surface area contributed by atoms with Gasteiger partial charge in [-0.1, -0.05) is 6.92 Å². The zero-order chi connectivity index (χ0) is 30.2. The molecule has 1 saturated heterocycles. The second kappa shape index (κ2) is 12.1. The van der Waals surface area contributed by atoms with Crippen LogP contribution in [0.4, 0.5) is 30.5 Å². The molecular weight excluding hydrogens is 591 g/mol. The molecule has 2 aliphatic heterocycles. The first-order chi connectivity index (χ1) is 19.9. The van der Waals surface area contributed by atoms with Gasteiger partial charge in [0.15, 0.2) is 9.84 Å². The first kappa shape index (κ1) is 30.7. The van der Waals surface area contributed by atoms with Crippen molar-refractivity contribution in [3.8, 4) is 10.6 Å². The zero-order valence-corrected chi connectivity index (χ0v) is 25.2. The largest absolute Gasteiger partial charge is 0.420 e. The molecule has 0 bridgehead atoms. The maximum absolute atomic E-state index is 14.0. The number of benzene rings is 1. The molecule has 2 N–H and O–H groups in total. The number of halogens is 3. The van der Waals surface area contributed by atoms with Crippen LogP contribution < -0.4 is 10.2 Å². The van der Waals surface area contributed by atoms with Crippen molar-refractivity contribution in [3.63, 3.8) is 0 Å². The van der Waals surface area contributed by atoms with E-state index in [1.54, 1.807) is 6.92 Å². The molecule has 228 valence electrons. The van der Waals surface area contributed by atoms with Crippen LogP contribution in [0, 0.1) is 0 Å². The third-order valence-electron chi connectivity index (χ3n) is 7.71. The average molecular weight is 626 g/mol. The van der Waals surface area contributed by atoms with Gasteiger partial charge in [0.2, 0.25) is 5.95 Å². The highest BCUT2D eigenvalue weighted by Gasteiger charge is 2.37. The summed E-state index contributed by atoms with van der Waals surface area (Å²) in [6.45, 7) is 9.06. The molecule has 0 amide bonds. The van der Waals surface area contributed by atoms with E-state index < -0.39 is 27.7 Å². The van der Waals surface area contributed by atoms with Gasteiger partial charge in [-0.2, -0.15) is 13.2 Å². The van der Waals surface area contributed by atoms with E-state index in [1.807, 2.05) is 19.1 Å². The topological polar surface area (TPSA) is 108 Å². The molecule has 3 aromatic rings. The Bertz CT molecular complexity index is 1550. The summed E-state index contributed by atoms with van der Waals surface area (Å²) < 4.78 is 73.3. The number of nitrogens with one attached hydrogen (secondary N) is 1. The Morgan fingerprint density at radius 2 is 2.00 bits per heavy atom. The van der Waals surface area contributed by atoms with Gasteiger partial charge in [0.05, 0.1) is 45.4 Å². The molecule has 2 aromatic heterocycles. The summed E-state index contributed by atoms with van der Waals surface area (Å²) >= 11 is 0.941. The SMILES string of the molecule is CCc1cc(N2CCN(CCO)[C@H](C)C2)ccc1Nc1ncc(C(F)(F)F)c(-c2cc3c(s2)[C@H](C)OCCS3(=O)=O)n1. The molecule has 2 aliphatic rings. The number of hydrogen-bond donors (Lipinski definition) is 2. The fourth-order valence-electron chi connectivity index (χ4n) is 5.39. The molecule has 1 fully saturated rings. The molecule has 1 aromatic carbocycles. The second-order valence-electron chi connectivity index (χ2n) is 10.5. The predicted molar refractivity (Wildman–Crippen MR) is 156 cm³/mol. The predicted octanol–water partition coefficient (Wildman–Crippen LogP) is 4.90. The highest BCUT2D eigenvalue weighted by atomic mass is 32.2. The summed E-state index contributed by atoms with van der Waals surface area (Å²) in [7, 11) is -3.71. The van der Waals surface area contributed by atoms with Crippen molar-refractivity contribution in [2.75, 3.05) is 55.4 Å². The summed E-state index contributed by atoms with van der Waals surface area (Å²) in [6.07, 6.45) is -3.92. The first-order valence-corrected chi connectivity index (χ1v) is 16.3. The third-order valence-corrected chi connectivity index (χ3v) is 10.9. The lowest BCUT2D eigenvalue weighted by molar-refractivity contribution is -0.137. The first-order valence-electron chi connectivity index (χ1n) is 13.8. The minimum atomic E-state index is -4.75. The highest BCUT2D eigenvalue weighted by molar-refractivity contribution is 7.91. The molecule has 14 heteroatoms. The standard InChI is InChI=1S/C28H34F3N5O4S2/c1-4-19-13-20(36-8-7-35(9-10-37)17(2)16-36)5-6-22(19)33-27-32-15-21(28(29,30)31)25(34-27)23-14-24-26(41-23)18(3)40-11-12-42(24,38)39/h5-6,13-15,17-18,37H,4,7-12,16H2,1-3H3,(H,32,33,34)/t17-,18+/m1/s1. The third kappa shape index (κ3) is 6.27. The Morgan fingerprint density at radius 3 is 2.69 bits per heavy atom. The van der Waals surface area contributed by atoms with Gasteiger partial charge in [-0.15, -0.1) is 11.3 Å². The number of β-amino-alcohol motifs (C(OH)–C–C–N with tert-alkyl or cyclic N) is 1. The summed E-state index contributed by atoms with van der Waals surface area (Å²) in [5.74, 6) is -0.265. The van der Waals surface area contributed by atoms with Crippen molar-refractivity contribution in [2.45, 2.75) is 50.4 Å². The van der Waals surface area contributed by atoms with Crippen LogP contribution in [0.15, 0.2) is 35.4 Å². The fraction of sp³-hybridized carbons (Fsp3) is 0.500. The number of thiophene rings is 1. The van der Waals surface area contributed by atoms with Crippen LogP contribution in [0.2, 0.25) is 0 Å². The van der Waals surface area contributed by atoms with E-state index in [4.69, 9.17) is 4.74 Å². The number of alkyl halides is 3. The Morgan fingerprint density at radius 1 is 1.21 bits per heavy atom. The van der Waals surface area contributed by atoms with Gasteiger partial charge in [-0.05, 0) is 50.1 Å². The van der Waals surface area contributed by atoms with Crippen LogP contribution in [0.3, 0.4) is 0 Å². The number of hydrogen-bond acceptors (Lipinski definition) is 10. The molecule has 9 nitrogen and oxygen atoms in total. The average Bonchev–Trinajstić information content (AvgIpc) is 3.37. The number of sulfone groups is 1. The number of aryl methyl sites for hydroxylation is 1. The molecule has 0 spiro atoms. The van der Waals surface area contributed by atoms with Gasteiger partial charge in [-0.25, -0.2) is 18.4 Å². The highest BCUT2D eigenvalue weighted by Crippen LogP contribution is 2.44. The number of aliphatic hydroxyl groups is 1. The number of anilines is 3. The Labute approximate surface area is 247 Å². The summed E-state index contributed by atoms with van der Waals surface area (Å²) in [5.41, 5.74) is 1.23. The van der Waals surface area contributed by atoms with Crippen molar-refractivity contribution in [1.82, 2.24) is 14.9 Å². The fourth-order valence-corrected chi connectivity index (χ4v) is 8.34. The van der Waals surface area contributed by atoms with E-state index in [2.05, 4.69) is 38.1 Å². The van der Waals surface area contributed by atoms with Crippen molar-refractivity contribution in [1.29, 1.82) is 0 Å². The van der Waals surface area contributed by atoms with Gasteiger partial charge in [0.1, 0.15) is 5.56 Å². The number of aromatic nitrogens is 2. The van der Waals surface area contributed by atoms with Gasteiger partial charge in [0, 0.05) is 49.8 Å². The molecule has 2 atom stereocenters. The molecule has 0 unspecified atom stereocenters. The van der Waals surface area contributed by atoms with Crippen LogP contribution in [0.25, 0.3) is 10.6 Å². The lowest BCUT2D eigenvalue weighted by Crippen LogP contribution is -2.52. The maximum atomic E-state index is 14.0. The molecule has 42 heavy (non-hydrogen) atoms. The zero-order valence-electron chi connectivity index (χ0n) is 23.6. The van der Waals surface area contributed by atoms with E-state index in [9.17, 15) is 26.7 Å². The van der Waals surface area contributed by atoms with E-state index in [0.717, 1.165) is 48.4 Å². The summed E-state index contributed by atoms with van der Waals surface area (Å²) in [4.78, 5) is 13.2. The van der Waals surface area contributed by atoms with Crippen LogP contribution in [-0.4, -0.2) is 79.6 Å². The minimum absolute atomic E-state index is 0.0101. The summed E-state index contributed by atoms with van der Waals surface area (Å²) in [6, 6.07) is 7.45. The van der Waals surface area contributed by atoms with Gasteiger partial charge in [-0.3, -0.25) is 4.90 Å². The van der Waals surface area contributed by atoms with Crippen LogP contribution >= 0.6 is 11.3 Å². The number of rotatable bonds is 7. The summed E-state index contributed by atoms with van der Waals surface area (Å²) in [5, 5.41) is 12.4. The number of ether oxygens (including phenoxy) is 1. The monoisotopic (exact) mass is 625 g/mol. The minimum Gasteiger partial charge on any atom is -0.395 e. The van der Waals surface area contributed by atoms with Crippen molar-refractivity contribution >= 4 is 38.5 Å². The van der Waals surface area contributed by atoms with Crippen molar-refractivity contribution in [2.24, 2.45) is 0 Å². The maximum Gasteiger partial charge on any atom is 0.420 e. The van der Waals surface area contributed by atoms with Crippen molar-refractivity contribution in [3.05, 3.63) is 46.5 Å². The molecule has 0 aliphatic carbocycles. The Kier molecular flexibility index (Phi) is 8.82. The second-order valence-corrected chi connectivity index (χ2v) is 13.7. The van der Waals surface area contributed by atoms with Crippen molar-refractivity contribution < 1.29 is 31.4 Å². The van der Waals surface area contributed by atoms with Gasteiger partial charge >= 0.3 is 6.18 Å². The van der Waals surface area contributed by atoms with Crippen LogP contribution in [-0.2, 0) is 27.2 Å². The Hall–Kier alpha value is -2.78. The Balaban J connectivity index is 1.46. The van der Waals surface area contributed by atoms with E-state index in [-0.39, 0.29) is 46.4 Å². The quantitative estimate of drug-likeness (QED) is 0.379. The smallest absolute Gasteiger partial charge is 0.395 e. The van der Waals surface area contributed by atoms with E-state index >= 15 is 0 Å². The lowest BCUT2D eigenvalue weighted by Gasteiger charge is -2.41. The van der Waals surface area contributed by atoms with Gasteiger partial charge < -0.3 is 20.1 Å².